The van der Waals surface area contributed by atoms with Gasteiger partial charge >= 0.3 is 0 Å². The van der Waals surface area contributed by atoms with Crippen molar-refractivity contribution in [1.82, 2.24) is 9.80 Å². The average molecular weight is 415 g/mol. The standard InChI is InChI=1S/C22H36F2N2O3/c1-15(2)29-18-5-3-16(4-6-18)25-11-8-17(9-12-25)26-19-13-22(23,24)10-7-20(19)28-14-21(26)27/h15-20H,3-14H2,1-2H3/t16?,18?,19-,20-/m1/s1. The normalized spacial score (nSPS) is 37.0. The number of hydrogen-bond acceptors (Lipinski definition) is 4. The zero-order valence-corrected chi connectivity index (χ0v) is 17.8. The Morgan fingerprint density at radius 3 is 2.38 bits per heavy atom. The number of amides is 1. The van der Waals surface area contributed by atoms with E-state index in [0.29, 0.717) is 18.6 Å². The van der Waals surface area contributed by atoms with Crippen LogP contribution in [-0.4, -0.2) is 77.8 Å². The fourth-order valence-corrected chi connectivity index (χ4v) is 5.93. The summed E-state index contributed by atoms with van der Waals surface area (Å²) in [6, 6.07) is 0.208. The van der Waals surface area contributed by atoms with Crippen molar-refractivity contribution in [2.24, 2.45) is 0 Å². The van der Waals surface area contributed by atoms with Gasteiger partial charge in [-0.05, 0) is 58.8 Å². The van der Waals surface area contributed by atoms with Gasteiger partial charge in [-0.1, -0.05) is 0 Å². The average Bonchev–Trinajstić information content (AvgIpc) is 2.68. The van der Waals surface area contributed by atoms with Gasteiger partial charge in [-0.25, -0.2) is 8.78 Å². The van der Waals surface area contributed by atoms with Crippen molar-refractivity contribution >= 4 is 5.91 Å². The van der Waals surface area contributed by atoms with Gasteiger partial charge in [0.05, 0.1) is 24.4 Å². The van der Waals surface area contributed by atoms with Crippen LogP contribution in [0.1, 0.15) is 71.6 Å². The lowest BCUT2D eigenvalue weighted by atomic mass is 9.85. The Hall–Kier alpha value is -0.790. The Morgan fingerprint density at radius 1 is 1.03 bits per heavy atom. The molecule has 7 heteroatoms. The lowest BCUT2D eigenvalue weighted by Gasteiger charge is -2.51. The topological polar surface area (TPSA) is 42.0 Å². The smallest absolute Gasteiger partial charge is 0.250 e. The number of piperidine rings is 1. The first-order valence-electron chi connectivity index (χ1n) is 11.5. The van der Waals surface area contributed by atoms with Crippen LogP contribution in [0, 0.1) is 0 Å². The molecular formula is C22H36F2N2O3. The molecule has 2 aliphatic carbocycles. The molecule has 4 fully saturated rings. The van der Waals surface area contributed by atoms with Gasteiger partial charge in [0.1, 0.15) is 6.61 Å². The fourth-order valence-electron chi connectivity index (χ4n) is 5.93. The molecule has 2 saturated carbocycles. The van der Waals surface area contributed by atoms with Crippen molar-refractivity contribution in [2.45, 2.75) is 114 Å². The summed E-state index contributed by atoms with van der Waals surface area (Å²) in [5.41, 5.74) is 0. The third kappa shape index (κ3) is 4.93. The van der Waals surface area contributed by atoms with Crippen LogP contribution in [0.5, 0.6) is 0 Å². The molecule has 4 rings (SSSR count). The van der Waals surface area contributed by atoms with Crippen molar-refractivity contribution < 1.29 is 23.0 Å². The van der Waals surface area contributed by atoms with Crippen LogP contribution in [0.25, 0.3) is 0 Å². The van der Waals surface area contributed by atoms with E-state index in [4.69, 9.17) is 9.47 Å². The van der Waals surface area contributed by atoms with E-state index in [9.17, 15) is 13.6 Å². The molecule has 0 N–H and O–H groups in total. The van der Waals surface area contributed by atoms with E-state index in [0.717, 1.165) is 51.6 Å². The van der Waals surface area contributed by atoms with Crippen molar-refractivity contribution in [3.63, 3.8) is 0 Å². The van der Waals surface area contributed by atoms with E-state index in [1.807, 2.05) is 0 Å². The molecule has 0 radical (unpaired) electrons. The molecule has 2 saturated heterocycles. The molecule has 2 atom stereocenters. The van der Waals surface area contributed by atoms with Crippen LogP contribution in [0.15, 0.2) is 0 Å². The van der Waals surface area contributed by atoms with E-state index in [1.54, 1.807) is 4.90 Å². The van der Waals surface area contributed by atoms with Gasteiger partial charge < -0.3 is 19.3 Å². The highest BCUT2D eigenvalue weighted by atomic mass is 19.3. The highest BCUT2D eigenvalue weighted by molar-refractivity contribution is 5.79. The minimum Gasteiger partial charge on any atom is -0.376 e. The van der Waals surface area contributed by atoms with Gasteiger partial charge in [0.15, 0.2) is 0 Å². The molecule has 1 amide bonds. The number of alkyl halides is 2. The fraction of sp³-hybridized carbons (Fsp3) is 0.955. The van der Waals surface area contributed by atoms with Crippen molar-refractivity contribution in [3.8, 4) is 0 Å². The number of halogens is 2. The number of carbonyl (C=O) groups excluding carboxylic acids is 1. The molecule has 2 aliphatic heterocycles. The number of nitrogens with zero attached hydrogens (tertiary/aromatic N) is 2. The number of hydrogen-bond donors (Lipinski definition) is 0. The summed E-state index contributed by atoms with van der Waals surface area (Å²) in [6.07, 6.45) is 6.74. The lowest BCUT2D eigenvalue weighted by Crippen LogP contribution is -2.63. The van der Waals surface area contributed by atoms with Crippen molar-refractivity contribution in [2.75, 3.05) is 19.7 Å². The summed E-state index contributed by atoms with van der Waals surface area (Å²) < 4.78 is 39.7. The second-order valence-electron chi connectivity index (χ2n) is 9.70. The molecular weight excluding hydrogens is 378 g/mol. The molecule has 166 valence electrons. The summed E-state index contributed by atoms with van der Waals surface area (Å²) in [5.74, 6) is -2.79. The summed E-state index contributed by atoms with van der Waals surface area (Å²) in [7, 11) is 0. The first-order valence-corrected chi connectivity index (χ1v) is 11.5. The summed E-state index contributed by atoms with van der Waals surface area (Å²) >= 11 is 0. The molecule has 0 bridgehead atoms. The van der Waals surface area contributed by atoms with E-state index in [2.05, 4.69) is 18.7 Å². The summed E-state index contributed by atoms with van der Waals surface area (Å²) in [4.78, 5) is 16.9. The minimum atomic E-state index is -2.68. The molecule has 4 aliphatic rings. The van der Waals surface area contributed by atoms with Crippen LogP contribution >= 0.6 is 0 Å². The third-order valence-electron chi connectivity index (χ3n) is 7.31. The van der Waals surface area contributed by atoms with Crippen LogP contribution in [0.3, 0.4) is 0 Å². The maximum absolute atomic E-state index is 14.0. The van der Waals surface area contributed by atoms with Crippen molar-refractivity contribution in [3.05, 3.63) is 0 Å². The highest BCUT2D eigenvalue weighted by Gasteiger charge is 2.50. The second kappa shape index (κ2) is 8.75. The van der Waals surface area contributed by atoms with E-state index < -0.39 is 12.0 Å². The van der Waals surface area contributed by atoms with E-state index in [-0.39, 0.29) is 43.6 Å². The number of morpholine rings is 1. The van der Waals surface area contributed by atoms with E-state index in [1.165, 1.54) is 0 Å². The van der Waals surface area contributed by atoms with Crippen LogP contribution < -0.4 is 0 Å². The minimum absolute atomic E-state index is 0.0484. The molecule has 2 heterocycles. The van der Waals surface area contributed by atoms with Crippen LogP contribution in [-0.2, 0) is 14.3 Å². The highest BCUT2D eigenvalue weighted by Crippen LogP contribution is 2.40. The number of rotatable bonds is 4. The van der Waals surface area contributed by atoms with Crippen molar-refractivity contribution in [1.29, 1.82) is 0 Å². The molecule has 0 aromatic rings. The molecule has 29 heavy (non-hydrogen) atoms. The SMILES string of the molecule is CC(C)OC1CCC(N2CCC(N3C(=O)CO[C@@H]4CCC(F)(F)C[C@H]43)CC2)CC1. The Balaban J connectivity index is 1.31. The maximum Gasteiger partial charge on any atom is 0.250 e. The Morgan fingerprint density at radius 2 is 1.72 bits per heavy atom. The number of ether oxygens (including phenoxy) is 2. The quantitative estimate of drug-likeness (QED) is 0.705. The Kier molecular flexibility index (Phi) is 6.47. The molecule has 0 aromatic heterocycles. The molecule has 0 unspecified atom stereocenters. The maximum atomic E-state index is 14.0. The zero-order chi connectivity index (χ0) is 20.6. The van der Waals surface area contributed by atoms with Gasteiger partial charge in [0.2, 0.25) is 11.8 Å². The Bertz CT molecular complexity index is 572. The van der Waals surface area contributed by atoms with Gasteiger partial charge in [0, 0.05) is 38.0 Å². The third-order valence-corrected chi connectivity index (χ3v) is 7.31. The summed E-state index contributed by atoms with van der Waals surface area (Å²) in [5, 5.41) is 0. The summed E-state index contributed by atoms with van der Waals surface area (Å²) in [6.45, 7) is 6.13. The predicted octanol–water partition coefficient (Wildman–Crippen LogP) is 3.60. The first-order chi connectivity index (χ1) is 13.8. The number of likely N-dealkylation sites (tertiary alicyclic amines) is 1. The van der Waals surface area contributed by atoms with Gasteiger partial charge in [-0.2, -0.15) is 0 Å². The largest absolute Gasteiger partial charge is 0.376 e. The van der Waals surface area contributed by atoms with Gasteiger partial charge in [-0.15, -0.1) is 0 Å². The first kappa shape index (κ1) is 21.4. The lowest BCUT2D eigenvalue weighted by molar-refractivity contribution is -0.183. The van der Waals surface area contributed by atoms with Crippen LogP contribution in [0.4, 0.5) is 8.78 Å². The van der Waals surface area contributed by atoms with Gasteiger partial charge in [-0.3, -0.25) is 4.79 Å². The Labute approximate surface area is 173 Å². The number of carbonyl (C=O) groups is 1. The predicted molar refractivity (Wildman–Crippen MR) is 106 cm³/mol. The van der Waals surface area contributed by atoms with Gasteiger partial charge in [0.25, 0.3) is 0 Å². The molecule has 5 nitrogen and oxygen atoms in total. The monoisotopic (exact) mass is 414 g/mol. The van der Waals surface area contributed by atoms with E-state index >= 15 is 0 Å². The second-order valence-corrected chi connectivity index (χ2v) is 9.70. The molecule has 0 aromatic carbocycles. The number of fused-ring (bicyclic) bond motifs is 1. The molecule has 0 spiro atoms. The zero-order valence-electron chi connectivity index (χ0n) is 17.8. The van der Waals surface area contributed by atoms with Crippen LogP contribution in [0.2, 0.25) is 0 Å².